The van der Waals surface area contributed by atoms with E-state index in [2.05, 4.69) is 10.0 Å². The van der Waals surface area contributed by atoms with Crippen molar-refractivity contribution in [3.05, 3.63) is 71.2 Å². The molecule has 3 aromatic rings. The molecule has 0 saturated heterocycles. The molecule has 44 heavy (non-hydrogen) atoms. The Kier molecular flexibility index (Phi) is 9.09. The summed E-state index contributed by atoms with van der Waals surface area (Å²) in [6, 6.07) is 14.3. The highest BCUT2D eigenvalue weighted by Crippen LogP contribution is 2.35. The summed E-state index contributed by atoms with van der Waals surface area (Å²) in [6.07, 6.45) is -0.556. The Hall–Kier alpha value is -4.20. The number of benzene rings is 3. The zero-order valence-corrected chi connectivity index (χ0v) is 25.9. The maximum Gasteiger partial charge on any atom is 0.321 e. The van der Waals surface area contributed by atoms with Gasteiger partial charge in [-0.2, -0.15) is 0 Å². The molecule has 0 spiro atoms. The number of aliphatic hydroxyl groups excluding tert-OH is 1. The van der Waals surface area contributed by atoms with E-state index in [9.17, 15) is 23.1 Å². The predicted octanol–water partition coefficient (Wildman–Crippen LogP) is 4.25. The van der Waals surface area contributed by atoms with Gasteiger partial charge in [-0.15, -0.1) is 0 Å². The molecule has 234 valence electrons. The number of likely N-dealkylation sites (N-methyl/N-ethyl adjacent to an activating group) is 1. The molecule has 0 radical (unpaired) electrons. The highest BCUT2D eigenvalue weighted by Gasteiger charge is 2.34. The second-order valence-corrected chi connectivity index (χ2v) is 12.9. The topological polar surface area (TPSA) is 147 Å². The SMILES string of the molecule is C[C@@H]1CN([C@@H](C)CO)C(=O)c2cc(NS(=O)(=O)c3ccc(Cl)cc3)ccc2O[C@@H]1CN(C)C(=O)Nc1ccc2c(c1)OCO2. The van der Waals surface area contributed by atoms with Crippen molar-refractivity contribution in [2.45, 2.75) is 30.9 Å². The number of nitrogens with zero attached hydrogens (tertiary/aromatic N) is 2. The smallest absolute Gasteiger partial charge is 0.321 e. The van der Waals surface area contributed by atoms with Gasteiger partial charge in [0.05, 0.1) is 29.7 Å². The number of fused-ring (bicyclic) bond motifs is 2. The van der Waals surface area contributed by atoms with Gasteiger partial charge in [0.2, 0.25) is 6.79 Å². The van der Waals surface area contributed by atoms with Gasteiger partial charge in [-0.1, -0.05) is 18.5 Å². The van der Waals surface area contributed by atoms with Gasteiger partial charge in [0.15, 0.2) is 11.5 Å². The first-order valence-corrected chi connectivity index (χ1v) is 15.7. The molecule has 3 aromatic carbocycles. The Morgan fingerprint density at radius 2 is 1.75 bits per heavy atom. The Bertz CT molecular complexity index is 1650. The number of carbonyl (C=O) groups excluding carboxylic acids is 2. The number of aliphatic hydroxyl groups is 1. The number of amides is 3. The van der Waals surface area contributed by atoms with E-state index in [4.69, 9.17) is 25.8 Å². The zero-order chi connectivity index (χ0) is 31.6. The number of hydrogen-bond acceptors (Lipinski definition) is 8. The van der Waals surface area contributed by atoms with E-state index in [1.807, 2.05) is 6.92 Å². The maximum atomic E-state index is 13.7. The molecule has 5 rings (SSSR count). The van der Waals surface area contributed by atoms with Crippen molar-refractivity contribution >= 4 is 44.9 Å². The number of anilines is 2. The highest BCUT2D eigenvalue weighted by molar-refractivity contribution is 7.92. The van der Waals surface area contributed by atoms with Crippen molar-refractivity contribution in [2.75, 3.05) is 43.6 Å². The summed E-state index contributed by atoms with van der Waals surface area (Å²) in [6.45, 7) is 3.85. The lowest BCUT2D eigenvalue weighted by Crippen LogP contribution is -2.50. The van der Waals surface area contributed by atoms with Gasteiger partial charge in [-0.25, -0.2) is 13.2 Å². The number of sulfonamides is 1. The zero-order valence-electron chi connectivity index (χ0n) is 24.3. The number of rotatable bonds is 8. The van der Waals surface area contributed by atoms with Crippen molar-refractivity contribution < 1.29 is 37.3 Å². The summed E-state index contributed by atoms with van der Waals surface area (Å²) in [5, 5.41) is 13.2. The molecule has 0 fully saturated rings. The first-order valence-electron chi connectivity index (χ1n) is 13.9. The van der Waals surface area contributed by atoms with E-state index >= 15 is 0 Å². The number of halogens is 1. The highest BCUT2D eigenvalue weighted by atomic mass is 35.5. The molecule has 3 amide bonds. The molecule has 12 nitrogen and oxygen atoms in total. The lowest BCUT2D eigenvalue weighted by Gasteiger charge is -2.38. The van der Waals surface area contributed by atoms with Crippen LogP contribution in [-0.2, 0) is 10.0 Å². The Morgan fingerprint density at radius 3 is 2.48 bits per heavy atom. The van der Waals surface area contributed by atoms with Gasteiger partial charge >= 0.3 is 6.03 Å². The fourth-order valence-corrected chi connectivity index (χ4v) is 6.05. The number of nitrogens with one attached hydrogen (secondary N) is 2. The second-order valence-electron chi connectivity index (χ2n) is 10.8. The number of carbonyl (C=O) groups is 2. The maximum absolute atomic E-state index is 13.7. The second kappa shape index (κ2) is 12.8. The summed E-state index contributed by atoms with van der Waals surface area (Å²) in [5.41, 5.74) is 0.800. The Labute approximate surface area is 260 Å². The van der Waals surface area contributed by atoms with E-state index in [0.29, 0.717) is 22.2 Å². The largest absolute Gasteiger partial charge is 0.487 e. The third-order valence-corrected chi connectivity index (χ3v) is 9.11. The number of ether oxygens (including phenoxy) is 3. The van der Waals surface area contributed by atoms with Crippen LogP contribution in [0.3, 0.4) is 0 Å². The molecule has 3 atom stereocenters. The van der Waals surface area contributed by atoms with E-state index in [1.54, 1.807) is 32.2 Å². The first kappa shape index (κ1) is 31.2. The average molecular weight is 645 g/mol. The normalized spacial score (nSPS) is 18.4. The first-order chi connectivity index (χ1) is 20.9. The molecule has 0 saturated carbocycles. The van der Waals surface area contributed by atoms with Crippen LogP contribution in [0.25, 0.3) is 0 Å². The summed E-state index contributed by atoms with van der Waals surface area (Å²) >= 11 is 5.90. The summed E-state index contributed by atoms with van der Waals surface area (Å²) in [5.74, 6) is 0.694. The van der Waals surface area contributed by atoms with Crippen LogP contribution in [0.2, 0.25) is 5.02 Å². The molecule has 0 aromatic heterocycles. The molecular weight excluding hydrogens is 612 g/mol. The fraction of sp³-hybridized carbons (Fsp3) is 0.333. The molecule has 0 bridgehead atoms. The van der Waals surface area contributed by atoms with Crippen LogP contribution in [0.1, 0.15) is 24.2 Å². The standard InChI is InChI=1S/C30H33ClN4O8S/c1-18-14-35(19(2)16-36)29(37)24-12-22(33-44(39,40)23-8-4-20(31)5-9-23)7-10-25(24)43-28(18)15-34(3)30(38)32-21-6-11-26-27(13-21)42-17-41-26/h4-13,18-19,28,33,36H,14-17H2,1-3H3,(H,32,38)/t18-,19+,28-/m1/s1. The van der Waals surface area contributed by atoms with Crippen molar-refractivity contribution in [2.24, 2.45) is 5.92 Å². The monoisotopic (exact) mass is 644 g/mol. The van der Waals surface area contributed by atoms with Gasteiger partial charge in [-0.05, 0) is 61.5 Å². The van der Waals surface area contributed by atoms with Gasteiger partial charge in [0.25, 0.3) is 15.9 Å². The quantitative estimate of drug-likeness (QED) is 0.330. The van der Waals surface area contributed by atoms with Crippen LogP contribution < -0.4 is 24.2 Å². The van der Waals surface area contributed by atoms with Gasteiger partial charge in [0.1, 0.15) is 11.9 Å². The molecule has 0 unspecified atom stereocenters. The number of urea groups is 1. The summed E-state index contributed by atoms with van der Waals surface area (Å²) in [7, 11) is -2.35. The summed E-state index contributed by atoms with van der Waals surface area (Å²) < 4.78 is 45.5. The number of hydrogen-bond donors (Lipinski definition) is 3. The van der Waals surface area contributed by atoms with Crippen molar-refractivity contribution in [3.63, 3.8) is 0 Å². The minimum absolute atomic E-state index is 0.00250. The molecule has 14 heteroatoms. The van der Waals surface area contributed by atoms with Gasteiger partial charge in [0, 0.05) is 42.0 Å². The lowest BCUT2D eigenvalue weighted by molar-refractivity contribution is 0.0371. The van der Waals surface area contributed by atoms with E-state index in [-0.39, 0.29) is 60.3 Å². The van der Waals surface area contributed by atoms with Crippen LogP contribution in [0, 0.1) is 5.92 Å². The average Bonchev–Trinajstić information content (AvgIpc) is 3.47. The Balaban J connectivity index is 1.38. The van der Waals surface area contributed by atoms with Crippen LogP contribution >= 0.6 is 11.6 Å². The molecule has 0 aliphatic carbocycles. The van der Waals surface area contributed by atoms with Gasteiger partial charge < -0.3 is 34.4 Å². The molecular formula is C30H33ClN4O8S. The van der Waals surface area contributed by atoms with E-state index < -0.39 is 28.1 Å². The van der Waals surface area contributed by atoms with Crippen molar-refractivity contribution in [1.82, 2.24) is 9.80 Å². The van der Waals surface area contributed by atoms with Crippen LogP contribution in [0.15, 0.2) is 65.6 Å². The van der Waals surface area contributed by atoms with Crippen molar-refractivity contribution in [3.8, 4) is 17.2 Å². The minimum Gasteiger partial charge on any atom is -0.487 e. The van der Waals surface area contributed by atoms with E-state index in [1.165, 1.54) is 52.3 Å². The van der Waals surface area contributed by atoms with Crippen LogP contribution in [-0.4, -0.2) is 80.9 Å². The van der Waals surface area contributed by atoms with Gasteiger partial charge in [-0.3, -0.25) is 9.52 Å². The molecule has 2 aliphatic rings. The predicted molar refractivity (Wildman–Crippen MR) is 164 cm³/mol. The third kappa shape index (κ3) is 6.79. The Morgan fingerprint density at radius 1 is 1.07 bits per heavy atom. The summed E-state index contributed by atoms with van der Waals surface area (Å²) in [4.78, 5) is 29.8. The molecule has 3 N–H and O–H groups in total. The lowest BCUT2D eigenvalue weighted by atomic mass is 9.99. The minimum atomic E-state index is -3.98. The van der Waals surface area contributed by atoms with Crippen molar-refractivity contribution in [1.29, 1.82) is 0 Å². The third-order valence-electron chi connectivity index (χ3n) is 7.47. The van der Waals surface area contributed by atoms with Crippen LogP contribution in [0.4, 0.5) is 16.2 Å². The molecule has 2 aliphatic heterocycles. The van der Waals surface area contributed by atoms with Crippen LogP contribution in [0.5, 0.6) is 17.2 Å². The van der Waals surface area contributed by atoms with E-state index in [0.717, 1.165) is 0 Å². The fourth-order valence-electron chi connectivity index (χ4n) is 4.88. The molecule has 2 heterocycles.